The first-order valence-corrected chi connectivity index (χ1v) is 12.3. The van der Waals surface area contributed by atoms with Gasteiger partial charge in [0.1, 0.15) is 0 Å². The van der Waals surface area contributed by atoms with Crippen molar-refractivity contribution in [1.82, 2.24) is 0 Å². The number of phenolic OH excluding ortho intramolecular Hbond substituents is 2. The number of aromatic hydroxyl groups is 2. The Morgan fingerprint density at radius 1 is 0.564 bits per heavy atom. The topological polar surface area (TPSA) is 119 Å². The molecular weight excluding hydrogens is 690 g/mol. The standard InChI is InChI=1S/C18H15P.C9H10O4.3CO.Re/c1-4-10-16(11-5-1)19(17-12-6-2-7-13-17)18-14-8-3-9-15-18;1-4-6(10)7(11)5(2)9-8(4)12-3-13-9;3*1-2;/h1-15H;10-11H,3H2,1-2H3;;;;. The molecule has 0 atom stereocenters. The summed E-state index contributed by atoms with van der Waals surface area (Å²) in [5.41, 5.74) is 1.02. The van der Waals surface area contributed by atoms with Crippen molar-refractivity contribution in [3.63, 3.8) is 0 Å². The van der Waals surface area contributed by atoms with E-state index in [1.807, 2.05) is 0 Å². The molecule has 0 aliphatic carbocycles. The molecule has 4 aromatic rings. The zero-order valence-corrected chi connectivity index (χ0v) is 24.7. The summed E-state index contributed by atoms with van der Waals surface area (Å²) < 4.78 is 32.8. The summed E-state index contributed by atoms with van der Waals surface area (Å²) in [7, 11) is -0.446. The summed E-state index contributed by atoms with van der Waals surface area (Å²) in [6.45, 7) is 17.0. The molecule has 0 aromatic heterocycles. The molecule has 0 fully saturated rings. The van der Waals surface area contributed by atoms with Gasteiger partial charge in [-0.05, 0) is 37.7 Å². The fraction of sp³-hybridized carbons (Fsp3) is 0.100. The Morgan fingerprint density at radius 3 is 1.08 bits per heavy atom. The second-order valence-corrected chi connectivity index (χ2v) is 9.57. The van der Waals surface area contributed by atoms with E-state index in [4.69, 9.17) is 23.4 Å². The summed E-state index contributed by atoms with van der Waals surface area (Å²) in [4.78, 5) is 0. The van der Waals surface area contributed by atoms with Gasteiger partial charge in [-0.3, -0.25) is 0 Å². The molecule has 0 amide bonds. The predicted molar refractivity (Wildman–Crippen MR) is 142 cm³/mol. The molecule has 1 aliphatic heterocycles. The summed E-state index contributed by atoms with van der Waals surface area (Å²) >= 11 is 0. The van der Waals surface area contributed by atoms with Gasteiger partial charge >= 0.3 is 33.9 Å². The average Bonchev–Trinajstić information content (AvgIpc) is 3.51. The molecule has 4 aromatic carbocycles. The maximum atomic E-state index is 9.47. The van der Waals surface area contributed by atoms with E-state index in [1.54, 1.807) is 13.8 Å². The molecule has 199 valence electrons. The average molecular weight is 715 g/mol. The van der Waals surface area contributed by atoms with E-state index in [9.17, 15) is 10.2 Å². The summed E-state index contributed by atoms with van der Waals surface area (Å²) in [5.74, 6) is 0.768. The largest absolute Gasteiger partial charge is 0.0622 e. The van der Waals surface area contributed by atoms with E-state index in [0.717, 1.165) is 0 Å². The van der Waals surface area contributed by atoms with Crippen LogP contribution in [0.4, 0.5) is 0 Å². The van der Waals surface area contributed by atoms with Crippen LogP contribution in [0.3, 0.4) is 0 Å². The van der Waals surface area contributed by atoms with E-state index in [-0.39, 0.29) is 38.7 Å². The molecule has 1 heterocycles. The van der Waals surface area contributed by atoms with E-state index < -0.39 is 7.92 Å². The van der Waals surface area contributed by atoms with Crippen LogP contribution in [0.25, 0.3) is 0 Å². The summed E-state index contributed by atoms with van der Waals surface area (Å²) in [6.07, 6.45) is 0. The van der Waals surface area contributed by atoms with Gasteiger partial charge in [0.05, 0.1) is 0 Å². The van der Waals surface area contributed by atoms with Crippen molar-refractivity contribution in [3.05, 3.63) is 122 Å². The van der Waals surface area contributed by atoms with E-state index in [1.165, 1.54) is 15.9 Å². The quantitative estimate of drug-likeness (QED) is 0.138. The van der Waals surface area contributed by atoms with Crippen molar-refractivity contribution in [2.45, 2.75) is 13.8 Å². The molecule has 0 saturated heterocycles. The van der Waals surface area contributed by atoms with Gasteiger partial charge in [-0.25, -0.2) is 0 Å². The molecule has 0 bridgehead atoms. The van der Waals surface area contributed by atoms with Crippen LogP contribution in [-0.4, -0.2) is 17.0 Å². The normalized spacial score (nSPS) is 9.77. The molecule has 2 N–H and O–H groups in total. The third-order valence-corrected chi connectivity index (χ3v) is 7.72. The van der Waals surface area contributed by atoms with Gasteiger partial charge in [-0.1, -0.05) is 91.0 Å². The van der Waals surface area contributed by atoms with E-state index >= 15 is 0 Å². The molecule has 7 nitrogen and oxygen atoms in total. The number of phenols is 2. The number of hydrogen-bond donors (Lipinski definition) is 2. The Morgan fingerprint density at radius 2 is 0.821 bits per heavy atom. The van der Waals surface area contributed by atoms with Crippen molar-refractivity contribution in [3.8, 4) is 23.0 Å². The first-order valence-electron chi connectivity index (χ1n) is 10.9. The fourth-order valence-corrected chi connectivity index (χ4v) is 5.89. The van der Waals surface area contributed by atoms with Crippen LogP contribution in [0.1, 0.15) is 11.1 Å². The molecule has 5 rings (SSSR count). The first-order chi connectivity index (χ1) is 18.6. The second kappa shape index (κ2) is 19.5. The smallest absolute Gasteiger partial charge is 0 e. The van der Waals surface area contributed by atoms with Gasteiger partial charge in [-0.2, -0.15) is 0 Å². The Bertz CT molecular complexity index is 1180. The zero-order valence-electron chi connectivity index (χ0n) is 21.1. The minimum Gasteiger partial charge on any atom is -0.0622 e. The van der Waals surface area contributed by atoms with Gasteiger partial charge < -0.3 is 19.7 Å². The van der Waals surface area contributed by atoms with Crippen LogP contribution in [0, 0.1) is 33.8 Å². The summed E-state index contributed by atoms with van der Waals surface area (Å²) in [5, 5.41) is 23.1. The number of hydrogen-bond acceptors (Lipinski definition) is 4. The molecule has 1 radical (unpaired) electrons. The predicted octanol–water partition coefficient (Wildman–Crippen LogP) is 4.77. The third kappa shape index (κ3) is 9.27. The Hall–Kier alpha value is -3.61. The zero-order chi connectivity index (χ0) is 28.5. The van der Waals surface area contributed by atoms with Gasteiger partial charge in [0.25, 0.3) is 0 Å². The molecule has 0 saturated carbocycles. The Labute approximate surface area is 243 Å². The minimum absolute atomic E-state index is 0. The van der Waals surface area contributed by atoms with Crippen molar-refractivity contribution in [2.75, 3.05) is 6.79 Å². The van der Waals surface area contributed by atoms with E-state index in [0.29, 0.717) is 22.6 Å². The fourth-order valence-electron chi connectivity index (χ4n) is 3.58. The summed E-state index contributed by atoms with van der Waals surface area (Å²) in [6, 6.07) is 32.3. The number of rotatable bonds is 3. The van der Waals surface area contributed by atoms with Crippen molar-refractivity contribution >= 4 is 23.8 Å². The van der Waals surface area contributed by atoms with Crippen LogP contribution in [0.15, 0.2) is 91.0 Å². The maximum Gasteiger partial charge on any atom is 0 e. The third-order valence-electron chi connectivity index (χ3n) is 5.27. The monoisotopic (exact) mass is 715 g/mol. The van der Waals surface area contributed by atoms with Crippen LogP contribution < -0.4 is 25.4 Å². The van der Waals surface area contributed by atoms with Gasteiger partial charge in [-0.15, -0.1) is 0 Å². The Kier molecular flexibility index (Phi) is 17.7. The van der Waals surface area contributed by atoms with E-state index in [2.05, 4.69) is 111 Å². The second-order valence-electron chi connectivity index (χ2n) is 7.35. The van der Waals surface area contributed by atoms with Crippen LogP contribution in [-0.2, 0) is 34.4 Å². The number of benzene rings is 4. The van der Waals surface area contributed by atoms with Crippen LogP contribution in [0.5, 0.6) is 23.0 Å². The SMILES string of the molecule is Cc1c(O)c(O)c(C)c2c1OCO2.[C-]#[O+].[C-]#[O+].[C-]#[O+].[Re].c1ccc(P(c2ccccc2)c2ccccc2)cc1. The molecule has 0 unspecified atom stereocenters. The van der Waals surface area contributed by atoms with Gasteiger partial charge in [0, 0.05) is 31.5 Å². The molecule has 0 spiro atoms. The van der Waals surface area contributed by atoms with Gasteiger partial charge in [0.15, 0.2) is 23.0 Å². The van der Waals surface area contributed by atoms with Gasteiger partial charge in [0.2, 0.25) is 6.79 Å². The molecule has 39 heavy (non-hydrogen) atoms. The number of ether oxygens (including phenoxy) is 2. The number of fused-ring (bicyclic) bond motifs is 1. The van der Waals surface area contributed by atoms with Crippen molar-refractivity contribution < 1.29 is 54.1 Å². The molecule has 9 heteroatoms. The first kappa shape index (κ1) is 35.4. The van der Waals surface area contributed by atoms with Crippen molar-refractivity contribution in [2.24, 2.45) is 0 Å². The minimum atomic E-state index is -0.446. The maximum absolute atomic E-state index is 9.47. The molecular formula is C30H25O7PRe. The van der Waals surface area contributed by atoms with Crippen molar-refractivity contribution in [1.29, 1.82) is 0 Å². The molecule has 1 aliphatic rings. The Balaban J connectivity index is 0.000000634. The van der Waals surface area contributed by atoms with Crippen LogP contribution >= 0.6 is 7.92 Å². The van der Waals surface area contributed by atoms with Crippen LogP contribution in [0.2, 0.25) is 0 Å².